The SMILES string of the molecule is Cc1cc(O)cc(-n2cc(Cl)c3c(N)ncnc32)c1. The van der Waals surface area contributed by atoms with Crippen molar-refractivity contribution in [1.29, 1.82) is 0 Å². The van der Waals surface area contributed by atoms with Crippen LogP contribution in [0, 0.1) is 6.92 Å². The number of halogens is 1. The summed E-state index contributed by atoms with van der Waals surface area (Å²) in [5.74, 6) is 0.528. The van der Waals surface area contributed by atoms with Crippen molar-refractivity contribution in [2.75, 3.05) is 5.73 Å². The first-order chi connectivity index (χ1) is 9.06. The van der Waals surface area contributed by atoms with Crippen LogP contribution in [0.25, 0.3) is 16.7 Å². The Balaban J connectivity index is 2.34. The monoisotopic (exact) mass is 274 g/mol. The Hall–Kier alpha value is -2.27. The molecule has 0 aliphatic carbocycles. The first-order valence-corrected chi connectivity index (χ1v) is 6.02. The van der Waals surface area contributed by atoms with Crippen molar-refractivity contribution in [3.8, 4) is 11.4 Å². The normalized spacial score (nSPS) is 11.1. The fraction of sp³-hybridized carbons (Fsp3) is 0.0769. The fourth-order valence-electron chi connectivity index (χ4n) is 2.12. The number of aromatic nitrogens is 3. The number of fused-ring (bicyclic) bond motifs is 1. The molecule has 0 unspecified atom stereocenters. The van der Waals surface area contributed by atoms with Crippen LogP contribution in [0.4, 0.5) is 5.82 Å². The molecule has 5 nitrogen and oxygen atoms in total. The molecule has 0 amide bonds. The molecule has 1 aromatic carbocycles. The standard InChI is InChI=1S/C13H11ClN4O/c1-7-2-8(4-9(19)3-7)18-5-10(14)11-12(15)16-6-17-13(11)18/h2-6,19H,1H3,(H2,15,16,17). The van der Waals surface area contributed by atoms with Gasteiger partial charge in [-0.2, -0.15) is 0 Å². The lowest BCUT2D eigenvalue weighted by Gasteiger charge is -2.06. The molecule has 0 aliphatic rings. The molecule has 2 aromatic heterocycles. The number of hydrogen-bond acceptors (Lipinski definition) is 4. The molecular formula is C13H11ClN4O. The highest BCUT2D eigenvalue weighted by Crippen LogP contribution is 2.31. The van der Waals surface area contributed by atoms with Crippen LogP contribution in [-0.4, -0.2) is 19.6 Å². The first-order valence-electron chi connectivity index (χ1n) is 5.64. The van der Waals surface area contributed by atoms with Crippen LogP contribution >= 0.6 is 11.6 Å². The van der Waals surface area contributed by atoms with Crippen molar-refractivity contribution in [2.24, 2.45) is 0 Å². The average Bonchev–Trinajstić information content (AvgIpc) is 2.67. The van der Waals surface area contributed by atoms with Gasteiger partial charge < -0.3 is 10.8 Å². The summed E-state index contributed by atoms with van der Waals surface area (Å²) in [6.07, 6.45) is 3.10. The van der Waals surface area contributed by atoms with Gasteiger partial charge in [-0.15, -0.1) is 0 Å². The van der Waals surface area contributed by atoms with E-state index in [1.165, 1.54) is 6.33 Å². The first kappa shape index (κ1) is 11.8. The van der Waals surface area contributed by atoms with E-state index in [0.717, 1.165) is 11.3 Å². The molecule has 3 aromatic rings. The van der Waals surface area contributed by atoms with Crippen molar-refractivity contribution in [1.82, 2.24) is 14.5 Å². The Morgan fingerprint density at radius 1 is 1.26 bits per heavy atom. The van der Waals surface area contributed by atoms with Crippen molar-refractivity contribution < 1.29 is 5.11 Å². The summed E-state index contributed by atoms with van der Waals surface area (Å²) >= 11 is 6.17. The van der Waals surface area contributed by atoms with Gasteiger partial charge in [0.1, 0.15) is 17.9 Å². The number of phenols is 1. The van der Waals surface area contributed by atoms with E-state index in [0.29, 0.717) is 21.9 Å². The third-order valence-corrected chi connectivity index (χ3v) is 3.18. The Morgan fingerprint density at radius 3 is 2.79 bits per heavy atom. The van der Waals surface area contributed by atoms with Crippen LogP contribution in [0.1, 0.15) is 5.56 Å². The number of aryl methyl sites for hydroxylation is 1. The molecule has 0 aliphatic heterocycles. The zero-order valence-electron chi connectivity index (χ0n) is 10.1. The Morgan fingerprint density at radius 2 is 2.05 bits per heavy atom. The molecule has 19 heavy (non-hydrogen) atoms. The zero-order chi connectivity index (χ0) is 13.6. The largest absolute Gasteiger partial charge is 0.508 e. The number of aromatic hydroxyl groups is 1. The number of nitrogens with zero attached hydrogens (tertiary/aromatic N) is 3. The minimum Gasteiger partial charge on any atom is -0.508 e. The van der Waals surface area contributed by atoms with E-state index in [1.807, 2.05) is 13.0 Å². The molecule has 96 valence electrons. The second-order valence-electron chi connectivity index (χ2n) is 4.33. The van der Waals surface area contributed by atoms with E-state index < -0.39 is 0 Å². The predicted molar refractivity (Wildman–Crippen MR) is 74.7 cm³/mol. The molecule has 2 heterocycles. The number of nitrogen functional groups attached to an aromatic ring is 1. The van der Waals surface area contributed by atoms with Crippen LogP contribution in [0.5, 0.6) is 5.75 Å². The van der Waals surface area contributed by atoms with Crippen LogP contribution in [-0.2, 0) is 0 Å². The fourth-order valence-corrected chi connectivity index (χ4v) is 2.40. The summed E-state index contributed by atoms with van der Waals surface area (Å²) in [5, 5.41) is 10.8. The summed E-state index contributed by atoms with van der Waals surface area (Å²) in [6.45, 7) is 1.90. The highest BCUT2D eigenvalue weighted by molar-refractivity contribution is 6.36. The molecule has 6 heteroatoms. The van der Waals surface area contributed by atoms with E-state index in [9.17, 15) is 5.11 Å². The Labute approximate surface area is 114 Å². The van der Waals surface area contributed by atoms with E-state index in [4.69, 9.17) is 17.3 Å². The molecule has 0 saturated carbocycles. The van der Waals surface area contributed by atoms with Gasteiger partial charge >= 0.3 is 0 Å². The molecule has 0 spiro atoms. The van der Waals surface area contributed by atoms with Crippen LogP contribution in [0.15, 0.2) is 30.7 Å². The van der Waals surface area contributed by atoms with Gasteiger partial charge in [-0.25, -0.2) is 9.97 Å². The second kappa shape index (κ2) is 4.13. The van der Waals surface area contributed by atoms with E-state index in [2.05, 4.69) is 9.97 Å². The number of anilines is 1. The number of nitrogens with two attached hydrogens (primary N) is 1. The van der Waals surface area contributed by atoms with Gasteiger partial charge in [0.2, 0.25) is 0 Å². The highest BCUT2D eigenvalue weighted by Gasteiger charge is 2.13. The zero-order valence-corrected chi connectivity index (χ0v) is 10.9. The summed E-state index contributed by atoms with van der Waals surface area (Å²) in [6, 6.07) is 5.25. The third-order valence-electron chi connectivity index (χ3n) is 2.89. The Bertz CT molecular complexity index is 761. The minimum atomic E-state index is 0.190. The van der Waals surface area contributed by atoms with Gasteiger partial charge in [-0.3, -0.25) is 4.57 Å². The van der Waals surface area contributed by atoms with Crippen LogP contribution in [0.3, 0.4) is 0 Å². The molecular weight excluding hydrogens is 264 g/mol. The van der Waals surface area contributed by atoms with Crippen LogP contribution < -0.4 is 5.73 Å². The molecule has 0 saturated heterocycles. The summed E-state index contributed by atoms with van der Waals surface area (Å²) in [5.41, 5.74) is 8.13. The van der Waals surface area contributed by atoms with Gasteiger partial charge in [-0.05, 0) is 24.6 Å². The van der Waals surface area contributed by atoms with E-state index >= 15 is 0 Å². The van der Waals surface area contributed by atoms with Gasteiger partial charge in [0.15, 0.2) is 5.65 Å². The summed E-state index contributed by atoms with van der Waals surface area (Å²) in [7, 11) is 0. The van der Waals surface area contributed by atoms with Crippen LogP contribution in [0.2, 0.25) is 5.02 Å². The highest BCUT2D eigenvalue weighted by atomic mass is 35.5. The predicted octanol–water partition coefficient (Wildman–Crippen LogP) is 2.67. The number of phenolic OH excluding ortho intramolecular Hbond substituents is 1. The molecule has 3 N–H and O–H groups in total. The van der Waals surface area contributed by atoms with Crippen molar-refractivity contribution in [3.05, 3.63) is 41.3 Å². The van der Waals surface area contributed by atoms with E-state index in [-0.39, 0.29) is 5.75 Å². The third kappa shape index (κ3) is 1.88. The minimum absolute atomic E-state index is 0.190. The van der Waals surface area contributed by atoms with Crippen molar-refractivity contribution >= 4 is 28.5 Å². The maximum Gasteiger partial charge on any atom is 0.151 e. The van der Waals surface area contributed by atoms with Gasteiger partial charge in [0.05, 0.1) is 16.1 Å². The Kier molecular flexibility index (Phi) is 2.57. The van der Waals surface area contributed by atoms with Gasteiger partial charge in [0.25, 0.3) is 0 Å². The van der Waals surface area contributed by atoms with Crippen molar-refractivity contribution in [2.45, 2.75) is 6.92 Å². The molecule has 0 bridgehead atoms. The average molecular weight is 275 g/mol. The summed E-state index contributed by atoms with van der Waals surface area (Å²) in [4.78, 5) is 8.13. The number of rotatable bonds is 1. The van der Waals surface area contributed by atoms with Gasteiger partial charge in [0, 0.05) is 12.3 Å². The lowest BCUT2D eigenvalue weighted by Crippen LogP contribution is -1.97. The number of benzene rings is 1. The molecule has 3 rings (SSSR count). The quantitative estimate of drug-likeness (QED) is 0.715. The summed E-state index contributed by atoms with van der Waals surface area (Å²) < 4.78 is 1.78. The molecule has 0 radical (unpaired) electrons. The smallest absolute Gasteiger partial charge is 0.151 e. The number of hydrogen-bond donors (Lipinski definition) is 2. The molecule has 0 fully saturated rings. The van der Waals surface area contributed by atoms with Gasteiger partial charge in [-0.1, -0.05) is 11.6 Å². The van der Waals surface area contributed by atoms with Crippen molar-refractivity contribution in [3.63, 3.8) is 0 Å². The second-order valence-corrected chi connectivity index (χ2v) is 4.74. The topological polar surface area (TPSA) is 77.0 Å². The lowest BCUT2D eigenvalue weighted by molar-refractivity contribution is 0.474. The maximum absolute atomic E-state index is 9.68. The maximum atomic E-state index is 9.68. The molecule has 0 atom stereocenters. The van der Waals surface area contributed by atoms with E-state index in [1.54, 1.807) is 22.9 Å². The lowest BCUT2D eigenvalue weighted by atomic mass is 10.2.